The molecule has 1 aromatic rings. The molecule has 3 nitrogen and oxygen atoms in total. The number of rotatable bonds is 1. The zero-order chi connectivity index (χ0) is 13.7. The van der Waals surface area contributed by atoms with Crippen molar-refractivity contribution in [2.75, 3.05) is 11.9 Å². The van der Waals surface area contributed by atoms with Crippen molar-refractivity contribution < 1.29 is 4.79 Å². The van der Waals surface area contributed by atoms with E-state index in [1.807, 2.05) is 12.1 Å². The van der Waals surface area contributed by atoms with Crippen molar-refractivity contribution in [3.05, 3.63) is 29.8 Å². The lowest BCUT2D eigenvalue weighted by atomic mass is 9.86. The second-order valence-electron chi connectivity index (χ2n) is 6.74. The number of nitrogens with one attached hydrogen (secondary N) is 1. The van der Waals surface area contributed by atoms with Gasteiger partial charge in [0, 0.05) is 24.3 Å². The first-order chi connectivity index (χ1) is 9.72. The number of hydrogen-bond acceptors (Lipinski definition) is 2. The van der Waals surface area contributed by atoms with Gasteiger partial charge in [-0.15, -0.1) is 0 Å². The SMILES string of the molecule is CC1CC(C(=O)N2CC3CCC2C3)c2ccccc2N1. The summed E-state index contributed by atoms with van der Waals surface area (Å²) in [6.07, 6.45) is 4.71. The van der Waals surface area contributed by atoms with Gasteiger partial charge in [-0.3, -0.25) is 4.79 Å². The van der Waals surface area contributed by atoms with Crippen molar-refractivity contribution in [3.63, 3.8) is 0 Å². The molecular weight excluding hydrogens is 248 g/mol. The molecule has 1 amide bonds. The van der Waals surface area contributed by atoms with Gasteiger partial charge < -0.3 is 10.2 Å². The minimum Gasteiger partial charge on any atom is -0.382 e. The van der Waals surface area contributed by atoms with Gasteiger partial charge in [0.2, 0.25) is 5.91 Å². The van der Waals surface area contributed by atoms with Crippen LogP contribution < -0.4 is 5.32 Å². The van der Waals surface area contributed by atoms with Crippen LogP contribution in [0.25, 0.3) is 0 Å². The van der Waals surface area contributed by atoms with E-state index in [0.29, 0.717) is 18.0 Å². The number of anilines is 1. The number of hydrogen-bond donors (Lipinski definition) is 1. The lowest BCUT2D eigenvalue weighted by molar-refractivity contribution is -0.134. The van der Waals surface area contributed by atoms with Crippen LogP contribution in [0.4, 0.5) is 5.69 Å². The number of amides is 1. The van der Waals surface area contributed by atoms with Gasteiger partial charge in [0.25, 0.3) is 0 Å². The molecule has 3 heteroatoms. The smallest absolute Gasteiger partial charge is 0.230 e. The Morgan fingerprint density at radius 2 is 2.10 bits per heavy atom. The largest absolute Gasteiger partial charge is 0.382 e. The monoisotopic (exact) mass is 270 g/mol. The first-order valence-corrected chi connectivity index (χ1v) is 7.88. The minimum absolute atomic E-state index is 0.0572. The third-order valence-corrected chi connectivity index (χ3v) is 5.32. The highest BCUT2D eigenvalue weighted by Gasteiger charge is 2.43. The lowest BCUT2D eigenvalue weighted by Crippen LogP contribution is -2.43. The Bertz CT molecular complexity index is 542. The topological polar surface area (TPSA) is 32.3 Å². The molecule has 4 unspecified atom stereocenters. The Labute approximate surface area is 120 Å². The third-order valence-electron chi connectivity index (χ3n) is 5.32. The van der Waals surface area contributed by atoms with E-state index < -0.39 is 0 Å². The fourth-order valence-electron chi connectivity index (χ4n) is 4.37. The van der Waals surface area contributed by atoms with Crippen LogP contribution in [0, 0.1) is 5.92 Å². The molecule has 4 atom stereocenters. The summed E-state index contributed by atoms with van der Waals surface area (Å²) >= 11 is 0. The highest BCUT2D eigenvalue weighted by molar-refractivity contribution is 5.87. The second kappa shape index (κ2) is 4.51. The van der Waals surface area contributed by atoms with Gasteiger partial charge in [0.15, 0.2) is 0 Å². The summed E-state index contributed by atoms with van der Waals surface area (Å²) in [6.45, 7) is 3.18. The molecule has 2 fully saturated rings. The van der Waals surface area contributed by atoms with Crippen molar-refractivity contribution in [1.29, 1.82) is 0 Å². The van der Waals surface area contributed by atoms with Crippen LogP contribution in [0.15, 0.2) is 24.3 Å². The molecule has 3 aliphatic rings. The van der Waals surface area contributed by atoms with Gasteiger partial charge in [-0.1, -0.05) is 18.2 Å². The molecule has 2 heterocycles. The van der Waals surface area contributed by atoms with E-state index in [1.165, 1.54) is 24.8 Å². The number of nitrogens with zero attached hydrogens (tertiary/aromatic N) is 1. The number of benzene rings is 1. The molecule has 0 aromatic heterocycles. The maximum absolute atomic E-state index is 13.0. The van der Waals surface area contributed by atoms with Crippen molar-refractivity contribution in [2.45, 2.75) is 50.6 Å². The molecule has 4 rings (SSSR count). The number of para-hydroxylation sites is 1. The van der Waals surface area contributed by atoms with Gasteiger partial charge in [-0.05, 0) is 50.2 Å². The van der Waals surface area contributed by atoms with Gasteiger partial charge in [-0.25, -0.2) is 0 Å². The molecule has 2 aliphatic heterocycles. The maximum Gasteiger partial charge on any atom is 0.230 e. The first kappa shape index (κ1) is 12.2. The molecule has 1 aromatic carbocycles. The van der Waals surface area contributed by atoms with Crippen LogP contribution >= 0.6 is 0 Å². The fraction of sp³-hybridized carbons (Fsp3) is 0.588. The van der Waals surface area contributed by atoms with Crippen LogP contribution in [-0.2, 0) is 4.79 Å². The Kier molecular flexibility index (Phi) is 2.76. The van der Waals surface area contributed by atoms with Gasteiger partial charge >= 0.3 is 0 Å². The predicted octanol–water partition coefficient (Wildman–Crippen LogP) is 2.99. The molecule has 20 heavy (non-hydrogen) atoms. The number of piperidine rings is 1. The summed E-state index contributed by atoms with van der Waals surface area (Å²) in [7, 11) is 0. The van der Waals surface area contributed by atoms with Crippen LogP contribution in [0.1, 0.15) is 44.1 Å². The summed E-state index contributed by atoms with van der Waals surface area (Å²) < 4.78 is 0. The molecule has 1 N–H and O–H groups in total. The molecule has 0 spiro atoms. The Morgan fingerprint density at radius 3 is 2.85 bits per heavy atom. The number of carbonyl (C=O) groups is 1. The molecule has 0 radical (unpaired) electrons. The standard InChI is InChI=1S/C17H22N2O/c1-11-8-15(14-4-2-3-5-16(14)18-11)17(20)19-10-12-6-7-13(19)9-12/h2-5,11-13,15,18H,6-10H2,1H3. The maximum atomic E-state index is 13.0. The van der Waals surface area contributed by atoms with Crippen molar-refractivity contribution in [2.24, 2.45) is 5.92 Å². The van der Waals surface area contributed by atoms with Gasteiger partial charge in [-0.2, -0.15) is 0 Å². The highest BCUT2D eigenvalue weighted by atomic mass is 16.2. The number of likely N-dealkylation sites (tertiary alicyclic amines) is 1. The molecule has 1 aliphatic carbocycles. The van der Waals surface area contributed by atoms with E-state index in [-0.39, 0.29) is 5.92 Å². The van der Waals surface area contributed by atoms with Crippen molar-refractivity contribution >= 4 is 11.6 Å². The zero-order valence-corrected chi connectivity index (χ0v) is 12.0. The Hall–Kier alpha value is -1.51. The molecule has 2 bridgehead atoms. The quantitative estimate of drug-likeness (QED) is 0.851. The lowest BCUT2D eigenvalue weighted by Gasteiger charge is -2.35. The molecule has 106 valence electrons. The average molecular weight is 270 g/mol. The van der Waals surface area contributed by atoms with Crippen molar-refractivity contribution in [1.82, 2.24) is 4.90 Å². The fourth-order valence-corrected chi connectivity index (χ4v) is 4.37. The second-order valence-corrected chi connectivity index (χ2v) is 6.74. The van der Waals surface area contributed by atoms with Crippen molar-refractivity contribution in [3.8, 4) is 0 Å². The van der Waals surface area contributed by atoms with E-state index in [0.717, 1.165) is 24.6 Å². The number of carbonyl (C=O) groups excluding carboxylic acids is 1. The van der Waals surface area contributed by atoms with Crippen LogP contribution in [-0.4, -0.2) is 29.4 Å². The third kappa shape index (κ3) is 1.83. The predicted molar refractivity (Wildman–Crippen MR) is 79.7 cm³/mol. The molecule has 1 saturated carbocycles. The molecular formula is C17H22N2O. The highest BCUT2D eigenvalue weighted by Crippen LogP contribution is 2.41. The van der Waals surface area contributed by atoms with Crippen LogP contribution in [0.2, 0.25) is 0 Å². The van der Waals surface area contributed by atoms with Crippen LogP contribution in [0.3, 0.4) is 0 Å². The first-order valence-electron chi connectivity index (χ1n) is 7.88. The van der Waals surface area contributed by atoms with E-state index in [4.69, 9.17) is 0 Å². The summed E-state index contributed by atoms with van der Waals surface area (Å²) in [6, 6.07) is 9.21. The summed E-state index contributed by atoms with van der Waals surface area (Å²) in [5.74, 6) is 1.21. The van der Waals surface area contributed by atoms with E-state index in [2.05, 4.69) is 29.3 Å². The summed E-state index contributed by atoms with van der Waals surface area (Å²) in [5.41, 5.74) is 2.34. The Morgan fingerprint density at radius 1 is 1.25 bits per heavy atom. The van der Waals surface area contributed by atoms with Crippen LogP contribution in [0.5, 0.6) is 0 Å². The zero-order valence-electron chi connectivity index (χ0n) is 12.0. The van der Waals surface area contributed by atoms with E-state index >= 15 is 0 Å². The summed E-state index contributed by atoms with van der Waals surface area (Å²) in [4.78, 5) is 15.2. The van der Waals surface area contributed by atoms with Gasteiger partial charge in [0.05, 0.1) is 5.92 Å². The normalized spacial score (nSPS) is 34.8. The van der Waals surface area contributed by atoms with E-state index in [9.17, 15) is 4.79 Å². The summed E-state index contributed by atoms with van der Waals surface area (Å²) in [5, 5.41) is 3.50. The molecule has 1 saturated heterocycles. The van der Waals surface area contributed by atoms with E-state index in [1.54, 1.807) is 0 Å². The number of fused-ring (bicyclic) bond motifs is 3. The average Bonchev–Trinajstić information content (AvgIpc) is 3.08. The minimum atomic E-state index is 0.0572. The van der Waals surface area contributed by atoms with Gasteiger partial charge in [0.1, 0.15) is 0 Å². The Balaban J connectivity index is 1.63.